The van der Waals surface area contributed by atoms with Crippen LogP contribution in [0, 0.1) is 0 Å². The molecule has 0 bridgehead atoms. The first-order chi connectivity index (χ1) is 13.4. The van der Waals surface area contributed by atoms with E-state index in [1.165, 1.54) is 11.8 Å². The van der Waals surface area contributed by atoms with Crippen LogP contribution < -0.4 is 15.0 Å². The van der Waals surface area contributed by atoms with E-state index in [-0.39, 0.29) is 17.9 Å². The Hall–Kier alpha value is -2.73. The number of ether oxygens (including phenoxy) is 1. The van der Waals surface area contributed by atoms with Crippen LogP contribution in [0.4, 0.5) is 5.69 Å². The van der Waals surface area contributed by atoms with Gasteiger partial charge in [-0.3, -0.25) is 9.59 Å². The van der Waals surface area contributed by atoms with E-state index in [0.29, 0.717) is 10.5 Å². The van der Waals surface area contributed by atoms with Crippen LogP contribution in [0.1, 0.15) is 36.2 Å². The van der Waals surface area contributed by atoms with Crippen molar-refractivity contribution in [2.24, 2.45) is 0 Å². The van der Waals surface area contributed by atoms with Crippen molar-refractivity contribution in [3.05, 3.63) is 58.5 Å². The van der Waals surface area contributed by atoms with Crippen molar-refractivity contribution in [2.45, 2.75) is 31.2 Å². The fourth-order valence-electron chi connectivity index (χ4n) is 2.83. The number of amides is 2. The van der Waals surface area contributed by atoms with Crippen LogP contribution in [0.25, 0.3) is 6.08 Å². The topological polar surface area (TPSA) is 58.6 Å². The highest BCUT2D eigenvalue weighted by molar-refractivity contribution is 8.04. The van der Waals surface area contributed by atoms with Gasteiger partial charge in [0.05, 0.1) is 17.7 Å². The van der Waals surface area contributed by atoms with E-state index in [1.54, 1.807) is 31.2 Å². The monoisotopic (exact) mass is 396 g/mol. The number of nitrogens with one attached hydrogen (secondary N) is 1. The van der Waals surface area contributed by atoms with Crippen LogP contribution >= 0.6 is 11.8 Å². The summed E-state index contributed by atoms with van der Waals surface area (Å²) in [5.74, 6) is 0.522. The third kappa shape index (κ3) is 4.22. The van der Waals surface area contributed by atoms with Gasteiger partial charge in [-0.2, -0.15) is 0 Å². The Morgan fingerprint density at radius 2 is 2.07 bits per heavy atom. The van der Waals surface area contributed by atoms with Crippen LogP contribution in [0.3, 0.4) is 0 Å². The van der Waals surface area contributed by atoms with Gasteiger partial charge in [-0.25, -0.2) is 0 Å². The molecule has 3 rings (SSSR count). The fraction of sp³-hybridized carbons (Fsp3) is 0.273. The first-order valence-corrected chi connectivity index (χ1v) is 10.0. The fourth-order valence-corrected chi connectivity index (χ4v) is 3.92. The zero-order valence-corrected chi connectivity index (χ0v) is 17.3. The van der Waals surface area contributed by atoms with Crippen molar-refractivity contribution in [1.29, 1.82) is 0 Å². The number of anilines is 1. The molecule has 146 valence electrons. The van der Waals surface area contributed by atoms with Crippen LogP contribution in [-0.4, -0.2) is 32.0 Å². The standard InChI is InChI=1S/C22H24N2O3S/c1-5-14(2)23-21(25)16-9-10-19-18(13-16)24(3)22(26)20(28-19)12-15-7-6-8-17(11-15)27-4/h6-14H,5H2,1-4H3,(H,23,25)/b20-12-/t14-/m1/s1. The van der Waals surface area contributed by atoms with E-state index in [2.05, 4.69) is 5.32 Å². The molecule has 0 radical (unpaired) electrons. The predicted molar refractivity (Wildman–Crippen MR) is 114 cm³/mol. The number of hydrogen-bond donors (Lipinski definition) is 1. The minimum Gasteiger partial charge on any atom is -0.497 e. The number of carbonyl (C=O) groups excluding carboxylic acids is 2. The first-order valence-electron chi connectivity index (χ1n) is 9.19. The lowest BCUT2D eigenvalue weighted by Gasteiger charge is -2.27. The number of hydrogen-bond acceptors (Lipinski definition) is 4. The van der Waals surface area contributed by atoms with Gasteiger partial charge in [0, 0.05) is 23.5 Å². The summed E-state index contributed by atoms with van der Waals surface area (Å²) in [5, 5.41) is 2.96. The molecule has 0 saturated carbocycles. The summed E-state index contributed by atoms with van der Waals surface area (Å²) in [6, 6.07) is 13.2. The highest BCUT2D eigenvalue weighted by atomic mass is 32.2. The first kappa shape index (κ1) is 20.0. The second kappa shape index (κ2) is 8.52. The minimum absolute atomic E-state index is 0.0974. The highest BCUT2D eigenvalue weighted by Gasteiger charge is 2.27. The Morgan fingerprint density at radius 1 is 1.29 bits per heavy atom. The molecule has 0 fully saturated rings. The summed E-state index contributed by atoms with van der Waals surface area (Å²) in [6.07, 6.45) is 2.72. The minimum atomic E-state index is -0.124. The molecule has 1 aliphatic rings. The van der Waals surface area contributed by atoms with E-state index in [0.717, 1.165) is 28.3 Å². The number of carbonyl (C=O) groups is 2. The molecule has 0 spiro atoms. The predicted octanol–water partition coefficient (Wildman–Crippen LogP) is 4.33. The number of benzene rings is 2. The maximum absolute atomic E-state index is 12.9. The van der Waals surface area contributed by atoms with Crippen molar-refractivity contribution in [1.82, 2.24) is 5.32 Å². The van der Waals surface area contributed by atoms with Gasteiger partial charge in [0.1, 0.15) is 5.75 Å². The molecule has 1 atom stereocenters. The zero-order chi connectivity index (χ0) is 20.3. The van der Waals surface area contributed by atoms with Gasteiger partial charge in [-0.1, -0.05) is 30.8 Å². The lowest BCUT2D eigenvalue weighted by molar-refractivity contribution is -0.114. The highest BCUT2D eigenvalue weighted by Crippen LogP contribution is 2.42. The maximum atomic E-state index is 12.9. The summed E-state index contributed by atoms with van der Waals surface area (Å²) in [4.78, 5) is 28.4. The van der Waals surface area contributed by atoms with Gasteiger partial charge in [-0.15, -0.1) is 0 Å². The molecule has 2 amide bonds. The smallest absolute Gasteiger partial charge is 0.264 e. The van der Waals surface area contributed by atoms with Crippen molar-refractivity contribution in [2.75, 3.05) is 19.1 Å². The van der Waals surface area contributed by atoms with Crippen LogP contribution in [-0.2, 0) is 4.79 Å². The van der Waals surface area contributed by atoms with Gasteiger partial charge >= 0.3 is 0 Å². The molecular weight excluding hydrogens is 372 g/mol. The SMILES string of the molecule is CC[C@@H](C)NC(=O)c1ccc2c(c1)N(C)C(=O)/C(=C/c1cccc(OC)c1)S2. The number of methoxy groups -OCH3 is 1. The second-order valence-corrected chi connectivity index (χ2v) is 7.80. The summed E-state index contributed by atoms with van der Waals surface area (Å²) in [6.45, 7) is 3.99. The van der Waals surface area contributed by atoms with E-state index in [4.69, 9.17) is 4.74 Å². The normalized spacial score (nSPS) is 15.9. The van der Waals surface area contributed by atoms with Crippen LogP contribution in [0.15, 0.2) is 52.3 Å². The average Bonchev–Trinajstić information content (AvgIpc) is 2.71. The van der Waals surface area contributed by atoms with Gasteiger partial charge in [0.15, 0.2) is 0 Å². The molecular formula is C22H24N2O3S. The summed E-state index contributed by atoms with van der Waals surface area (Å²) >= 11 is 1.41. The molecule has 1 aliphatic heterocycles. The van der Waals surface area contributed by atoms with Crippen LogP contribution in [0.5, 0.6) is 5.75 Å². The number of nitrogens with zero attached hydrogens (tertiary/aromatic N) is 1. The summed E-state index contributed by atoms with van der Waals surface area (Å²) in [5.41, 5.74) is 2.20. The van der Waals surface area contributed by atoms with E-state index in [9.17, 15) is 9.59 Å². The van der Waals surface area contributed by atoms with E-state index < -0.39 is 0 Å². The van der Waals surface area contributed by atoms with Crippen molar-refractivity contribution >= 4 is 35.3 Å². The Morgan fingerprint density at radius 3 is 2.79 bits per heavy atom. The number of fused-ring (bicyclic) bond motifs is 1. The molecule has 28 heavy (non-hydrogen) atoms. The molecule has 0 saturated heterocycles. The van der Waals surface area contributed by atoms with Gasteiger partial charge in [0.2, 0.25) is 0 Å². The molecule has 6 heteroatoms. The molecule has 2 aromatic carbocycles. The average molecular weight is 397 g/mol. The number of likely N-dealkylation sites (N-methyl/N-ethyl adjacent to an activating group) is 1. The third-order valence-electron chi connectivity index (χ3n) is 4.70. The zero-order valence-electron chi connectivity index (χ0n) is 16.5. The van der Waals surface area contributed by atoms with Gasteiger partial charge in [-0.05, 0) is 55.3 Å². The molecule has 1 heterocycles. The van der Waals surface area contributed by atoms with Crippen molar-refractivity contribution < 1.29 is 14.3 Å². The second-order valence-electron chi connectivity index (χ2n) is 6.72. The van der Waals surface area contributed by atoms with Gasteiger partial charge < -0.3 is 15.0 Å². The number of thioether (sulfide) groups is 1. The molecule has 2 aromatic rings. The van der Waals surface area contributed by atoms with Crippen molar-refractivity contribution in [3.63, 3.8) is 0 Å². The summed E-state index contributed by atoms with van der Waals surface area (Å²) < 4.78 is 5.25. The third-order valence-corrected chi connectivity index (χ3v) is 5.78. The lowest BCUT2D eigenvalue weighted by atomic mass is 10.1. The van der Waals surface area contributed by atoms with Crippen molar-refractivity contribution in [3.8, 4) is 5.75 Å². The molecule has 0 aliphatic carbocycles. The van der Waals surface area contributed by atoms with E-state index >= 15 is 0 Å². The number of rotatable bonds is 5. The molecule has 0 unspecified atom stereocenters. The molecule has 0 aromatic heterocycles. The van der Waals surface area contributed by atoms with E-state index in [1.807, 2.05) is 50.3 Å². The Labute approximate surface area is 169 Å². The lowest BCUT2D eigenvalue weighted by Crippen LogP contribution is -2.33. The Bertz CT molecular complexity index is 939. The van der Waals surface area contributed by atoms with Crippen LogP contribution in [0.2, 0.25) is 0 Å². The summed E-state index contributed by atoms with van der Waals surface area (Å²) in [7, 11) is 3.35. The molecule has 5 nitrogen and oxygen atoms in total. The quantitative estimate of drug-likeness (QED) is 0.764. The Kier molecular flexibility index (Phi) is 6.09. The Balaban J connectivity index is 1.89. The largest absolute Gasteiger partial charge is 0.497 e. The molecule has 1 N–H and O–H groups in total. The van der Waals surface area contributed by atoms with Gasteiger partial charge in [0.25, 0.3) is 11.8 Å². The maximum Gasteiger partial charge on any atom is 0.264 e.